The molecule has 174 valence electrons. The topological polar surface area (TPSA) is 68.3 Å². The minimum absolute atomic E-state index is 0.261. The van der Waals surface area contributed by atoms with E-state index in [0.717, 1.165) is 34.2 Å². The molecule has 0 saturated carbocycles. The molecule has 0 radical (unpaired) electrons. The number of nitrogens with zero attached hydrogens (tertiary/aromatic N) is 1. The lowest BCUT2D eigenvalue weighted by atomic mass is 10.1. The fourth-order valence-corrected chi connectivity index (χ4v) is 3.88. The van der Waals surface area contributed by atoms with Crippen molar-refractivity contribution in [3.63, 3.8) is 0 Å². The smallest absolute Gasteiger partial charge is 0.248 e. The largest absolute Gasteiger partial charge is 0.457 e. The van der Waals surface area contributed by atoms with Crippen molar-refractivity contribution >= 4 is 40.4 Å². The molecule has 0 fully saturated rings. The van der Waals surface area contributed by atoms with E-state index in [-0.39, 0.29) is 5.91 Å². The van der Waals surface area contributed by atoms with Gasteiger partial charge in [-0.1, -0.05) is 36.7 Å². The van der Waals surface area contributed by atoms with Crippen LogP contribution in [0.25, 0.3) is 40.0 Å². The van der Waals surface area contributed by atoms with E-state index in [4.69, 9.17) is 20.4 Å². The van der Waals surface area contributed by atoms with E-state index < -0.39 is 0 Å². The molecule has 5 nitrogen and oxygen atoms in total. The third-order valence-corrected chi connectivity index (χ3v) is 6.15. The maximum atomic E-state index is 12.4. The average Bonchev–Trinajstić information content (AvgIpc) is 3.51. The Bertz CT molecular complexity index is 1540. The van der Waals surface area contributed by atoms with Crippen LogP contribution in [-0.2, 0) is 11.2 Å². The number of nitrogens with one attached hydrogen (secondary N) is 1. The van der Waals surface area contributed by atoms with Crippen molar-refractivity contribution in [3.8, 4) is 22.8 Å². The van der Waals surface area contributed by atoms with Crippen LogP contribution >= 0.6 is 11.6 Å². The Labute approximate surface area is 208 Å². The van der Waals surface area contributed by atoms with Crippen LogP contribution in [0.2, 0.25) is 5.02 Å². The molecule has 0 atom stereocenters. The van der Waals surface area contributed by atoms with Crippen molar-refractivity contribution in [3.05, 3.63) is 101 Å². The Morgan fingerprint density at radius 1 is 0.971 bits per heavy atom. The Hall–Kier alpha value is -4.09. The highest BCUT2D eigenvalue weighted by atomic mass is 35.5. The highest BCUT2D eigenvalue weighted by Gasteiger charge is 2.10. The van der Waals surface area contributed by atoms with Crippen LogP contribution in [0.5, 0.6) is 0 Å². The van der Waals surface area contributed by atoms with Crippen molar-refractivity contribution in [2.45, 2.75) is 20.3 Å². The second kappa shape index (κ2) is 9.65. The number of aromatic nitrogens is 1. The Morgan fingerprint density at radius 2 is 1.77 bits per heavy atom. The SMILES string of the molecule is CCc1ccc2oc(-c3ccc(NC(=O)C=Cc4ccc(-c5ccc(C)c(Cl)c5)o4)cc3)nc2c1. The number of anilines is 1. The summed E-state index contributed by atoms with van der Waals surface area (Å²) in [6.45, 7) is 4.06. The van der Waals surface area contributed by atoms with E-state index in [9.17, 15) is 4.79 Å². The first-order valence-electron chi connectivity index (χ1n) is 11.3. The van der Waals surface area contributed by atoms with Crippen LogP contribution < -0.4 is 5.32 Å². The highest BCUT2D eigenvalue weighted by Crippen LogP contribution is 2.28. The zero-order valence-electron chi connectivity index (χ0n) is 19.3. The number of carbonyl (C=O) groups excluding carboxylic acids is 1. The number of oxazole rings is 1. The fraction of sp³-hybridized carbons (Fsp3) is 0.103. The Kier molecular flexibility index (Phi) is 6.25. The van der Waals surface area contributed by atoms with Crippen molar-refractivity contribution in [2.75, 3.05) is 5.32 Å². The average molecular weight is 483 g/mol. The monoisotopic (exact) mass is 482 g/mol. The molecule has 1 N–H and O–H groups in total. The zero-order valence-corrected chi connectivity index (χ0v) is 20.1. The summed E-state index contributed by atoms with van der Waals surface area (Å²) in [6, 6.07) is 22.8. The molecule has 6 heteroatoms. The minimum atomic E-state index is -0.261. The summed E-state index contributed by atoms with van der Waals surface area (Å²) >= 11 is 6.21. The molecule has 0 aliphatic carbocycles. The standard InChI is InChI=1S/C29H23ClN2O3/c1-3-19-5-13-27-25(16-19)32-29(35-27)20-7-9-22(10-8-20)31-28(33)15-12-23-11-14-26(34-23)21-6-4-18(2)24(30)17-21/h4-17H,3H2,1-2H3,(H,31,33). The number of aryl methyl sites for hydroxylation is 2. The lowest BCUT2D eigenvalue weighted by Crippen LogP contribution is -2.07. The lowest BCUT2D eigenvalue weighted by molar-refractivity contribution is -0.111. The molecular weight excluding hydrogens is 460 g/mol. The van der Waals surface area contributed by atoms with E-state index in [1.165, 1.54) is 11.6 Å². The quantitative estimate of drug-likeness (QED) is 0.249. The van der Waals surface area contributed by atoms with Crippen LogP contribution in [-0.4, -0.2) is 10.9 Å². The van der Waals surface area contributed by atoms with Crippen molar-refractivity contribution in [2.24, 2.45) is 0 Å². The molecule has 0 spiro atoms. The first-order chi connectivity index (χ1) is 17.0. The molecule has 0 saturated heterocycles. The normalized spacial score (nSPS) is 11.4. The van der Waals surface area contributed by atoms with Gasteiger partial charge in [0.25, 0.3) is 0 Å². The van der Waals surface area contributed by atoms with Gasteiger partial charge in [-0.05, 0) is 85.1 Å². The van der Waals surface area contributed by atoms with Gasteiger partial charge in [0, 0.05) is 27.9 Å². The second-order valence-corrected chi connectivity index (χ2v) is 8.65. The van der Waals surface area contributed by atoms with Crippen molar-refractivity contribution in [1.82, 2.24) is 4.98 Å². The number of hydrogen-bond donors (Lipinski definition) is 1. The Morgan fingerprint density at radius 3 is 2.54 bits per heavy atom. The number of carbonyl (C=O) groups is 1. The molecular formula is C29H23ClN2O3. The molecule has 0 bridgehead atoms. The molecule has 1 amide bonds. The van der Waals surface area contributed by atoms with E-state index in [1.807, 2.05) is 79.7 Å². The van der Waals surface area contributed by atoms with Gasteiger partial charge >= 0.3 is 0 Å². The number of fused-ring (bicyclic) bond motifs is 1. The predicted molar refractivity (Wildman–Crippen MR) is 140 cm³/mol. The summed E-state index contributed by atoms with van der Waals surface area (Å²) in [6.07, 6.45) is 4.01. The Balaban J connectivity index is 1.23. The molecule has 5 aromatic rings. The number of benzene rings is 3. The van der Waals surface area contributed by atoms with E-state index in [2.05, 4.69) is 17.2 Å². The summed E-state index contributed by atoms with van der Waals surface area (Å²) in [4.78, 5) is 17.0. The number of furan rings is 1. The van der Waals surface area contributed by atoms with Crippen LogP contribution in [0.4, 0.5) is 5.69 Å². The third-order valence-electron chi connectivity index (χ3n) is 5.74. The lowest BCUT2D eigenvalue weighted by Gasteiger charge is -2.03. The highest BCUT2D eigenvalue weighted by molar-refractivity contribution is 6.31. The summed E-state index contributed by atoms with van der Waals surface area (Å²) in [5.74, 6) is 1.55. The minimum Gasteiger partial charge on any atom is -0.457 e. The molecule has 2 heterocycles. The number of halogens is 1. The van der Waals surface area contributed by atoms with Crippen LogP contribution in [0.1, 0.15) is 23.8 Å². The van der Waals surface area contributed by atoms with E-state index in [1.54, 1.807) is 6.08 Å². The summed E-state index contributed by atoms with van der Waals surface area (Å²) in [7, 11) is 0. The van der Waals surface area contributed by atoms with Gasteiger partial charge < -0.3 is 14.2 Å². The first kappa shape index (κ1) is 22.7. The fourth-order valence-electron chi connectivity index (χ4n) is 3.70. The van der Waals surface area contributed by atoms with Crippen LogP contribution in [0, 0.1) is 6.92 Å². The molecule has 2 aromatic heterocycles. The maximum absolute atomic E-state index is 12.4. The summed E-state index contributed by atoms with van der Waals surface area (Å²) in [5.41, 5.74) is 6.21. The van der Waals surface area contributed by atoms with Gasteiger partial charge in [-0.3, -0.25) is 4.79 Å². The summed E-state index contributed by atoms with van der Waals surface area (Å²) < 4.78 is 11.7. The molecule has 0 aliphatic rings. The van der Waals surface area contributed by atoms with Crippen LogP contribution in [0.3, 0.4) is 0 Å². The maximum Gasteiger partial charge on any atom is 0.248 e. The van der Waals surface area contributed by atoms with Crippen LogP contribution in [0.15, 0.2) is 87.7 Å². The third kappa shape index (κ3) is 5.05. The molecule has 5 rings (SSSR count). The molecule has 0 unspecified atom stereocenters. The molecule has 0 aliphatic heterocycles. The van der Waals surface area contributed by atoms with Gasteiger partial charge in [-0.2, -0.15) is 0 Å². The number of hydrogen-bond acceptors (Lipinski definition) is 4. The zero-order chi connectivity index (χ0) is 24.4. The number of rotatable bonds is 6. The molecule has 35 heavy (non-hydrogen) atoms. The van der Waals surface area contributed by atoms with E-state index >= 15 is 0 Å². The number of amides is 1. The van der Waals surface area contributed by atoms with Gasteiger partial charge in [0.15, 0.2) is 5.58 Å². The molecule has 3 aromatic carbocycles. The van der Waals surface area contributed by atoms with Gasteiger partial charge in [0.2, 0.25) is 11.8 Å². The second-order valence-electron chi connectivity index (χ2n) is 8.24. The summed E-state index contributed by atoms with van der Waals surface area (Å²) in [5, 5.41) is 3.53. The van der Waals surface area contributed by atoms with Gasteiger partial charge in [0.1, 0.15) is 17.0 Å². The van der Waals surface area contributed by atoms with E-state index in [0.29, 0.717) is 28.1 Å². The van der Waals surface area contributed by atoms with Gasteiger partial charge in [0.05, 0.1) is 0 Å². The van der Waals surface area contributed by atoms with Gasteiger partial charge in [-0.15, -0.1) is 0 Å². The van der Waals surface area contributed by atoms with Crippen molar-refractivity contribution in [1.29, 1.82) is 0 Å². The predicted octanol–water partition coefficient (Wildman–Crippen LogP) is 7.93. The van der Waals surface area contributed by atoms with Crippen molar-refractivity contribution < 1.29 is 13.6 Å². The van der Waals surface area contributed by atoms with Gasteiger partial charge in [-0.25, -0.2) is 4.98 Å². The first-order valence-corrected chi connectivity index (χ1v) is 11.7.